The second-order valence-electron chi connectivity index (χ2n) is 7.01. The minimum absolute atomic E-state index is 0.0379. The van der Waals surface area contributed by atoms with Gasteiger partial charge in [0.2, 0.25) is 5.90 Å². The lowest BCUT2D eigenvalue weighted by Crippen LogP contribution is -2.31. The molecule has 3 aromatic carbocycles. The number of aromatic hydroxyl groups is 1. The highest BCUT2D eigenvalue weighted by molar-refractivity contribution is 6.30. The van der Waals surface area contributed by atoms with Crippen molar-refractivity contribution < 1.29 is 14.6 Å². The molecule has 0 fully saturated rings. The van der Waals surface area contributed by atoms with Crippen LogP contribution in [0, 0.1) is 22.7 Å². The molecule has 6 nitrogen and oxygen atoms in total. The third kappa shape index (κ3) is 4.09. The third-order valence-electron chi connectivity index (χ3n) is 5.10. The molecule has 0 aliphatic carbocycles. The highest BCUT2D eigenvalue weighted by atomic mass is 35.5. The normalized spacial score (nSPS) is 17.6. The molecule has 2 unspecified atom stereocenters. The maximum absolute atomic E-state index is 10.5. The molecule has 154 valence electrons. The molecule has 31 heavy (non-hydrogen) atoms. The molecule has 1 aliphatic rings. The van der Waals surface area contributed by atoms with Gasteiger partial charge in [-0.3, -0.25) is 10.4 Å². The summed E-state index contributed by atoms with van der Waals surface area (Å²) in [5, 5.41) is 28.9. The number of halogens is 1. The van der Waals surface area contributed by atoms with Crippen molar-refractivity contribution in [1.82, 2.24) is 0 Å². The average molecular weight is 432 g/mol. The van der Waals surface area contributed by atoms with Crippen LogP contribution in [-0.2, 0) is 0 Å². The monoisotopic (exact) mass is 431 g/mol. The van der Waals surface area contributed by atoms with Crippen LogP contribution in [0.15, 0.2) is 65.7 Å². The Morgan fingerprint density at radius 2 is 1.97 bits per heavy atom. The van der Waals surface area contributed by atoms with Crippen LogP contribution >= 0.6 is 11.6 Å². The SMILES string of the molecule is COc1ccc(N=Cc2cc3c(cc2O)OC(=N)C(C#N)C3c2cccc(Cl)c2)cc1. The van der Waals surface area contributed by atoms with Gasteiger partial charge in [0.05, 0.1) is 18.9 Å². The molecule has 0 saturated heterocycles. The molecule has 0 aromatic heterocycles. The van der Waals surface area contributed by atoms with E-state index in [1.165, 1.54) is 6.07 Å². The molecule has 3 aromatic rings. The number of hydrogen-bond acceptors (Lipinski definition) is 6. The highest BCUT2D eigenvalue weighted by Crippen LogP contribution is 2.44. The number of nitriles is 1. The van der Waals surface area contributed by atoms with Gasteiger partial charge in [0.15, 0.2) is 0 Å². The molecule has 0 bridgehead atoms. The topological polar surface area (TPSA) is 98.7 Å². The first kappa shape index (κ1) is 20.5. The van der Waals surface area contributed by atoms with Gasteiger partial charge in [-0.1, -0.05) is 23.7 Å². The smallest absolute Gasteiger partial charge is 0.205 e. The first-order valence-corrected chi connectivity index (χ1v) is 9.84. The first-order chi connectivity index (χ1) is 15.0. The standard InChI is InChI=1S/C24H18ClN3O3/c1-30-18-7-5-17(6-8-18)28-13-15-10-19-22(11-21(15)29)31-24(27)20(12-26)23(19)14-3-2-4-16(25)9-14/h2-11,13,20,23,27,29H,1H3. The van der Waals surface area contributed by atoms with E-state index in [-0.39, 0.29) is 11.6 Å². The summed E-state index contributed by atoms with van der Waals surface area (Å²) in [5.41, 5.74) is 2.63. The molecular weight excluding hydrogens is 414 g/mol. The number of nitrogens with zero attached hydrogens (tertiary/aromatic N) is 2. The zero-order valence-electron chi connectivity index (χ0n) is 16.5. The second-order valence-corrected chi connectivity index (χ2v) is 7.45. The largest absolute Gasteiger partial charge is 0.507 e. The van der Waals surface area contributed by atoms with Crippen molar-refractivity contribution in [2.45, 2.75) is 5.92 Å². The average Bonchev–Trinajstić information content (AvgIpc) is 2.77. The molecule has 0 saturated carbocycles. The predicted octanol–water partition coefficient (Wildman–Crippen LogP) is 5.45. The van der Waals surface area contributed by atoms with E-state index in [2.05, 4.69) is 11.1 Å². The fraction of sp³-hybridized carbons (Fsp3) is 0.125. The molecule has 7 heteroatoms. The minimum atomic E-state index is -0.818. The summed E-state index contributed by atoms with van der Waals surface area (Å²) in [7, 11) is 1.59. The quantitative estimate of drug-likeness (QED) is 0.537. The second kappa shape index (κ2) is 8.50. The van der Waals surface area contributed by atoms with Gasteiger partial charge in [-0.05, 0) is 48.0 Å². The Labute approximate surface area is 184 Å². The van der Waals surface area contributed by atoms with E-state index in [0.717, 1.165) is 11.3 Å². The van der Waals surface area contributed by atoms with E-state index in [1.807, 2.05) is 6.07 Å². The molecular formula is C24H18ClN3O3. The van der Waals surface area contributed by atoms with Gasteiger partial charge >= 0.3 is 0 Å². The molecule has 0 amide bonds. The molecule has 4 rings (SSSR count). The maximum atomic E-state index is 10.5. The van der Waals surface area contributed by atoms with Crippen LogP contribution in [0.5, 0.6) is 17.2 Å². The molecule has 1 heterocycles. The Morgan fingerprint density at radius 3 is 2.65 bits per heavy atom. The molecule has 2 atom stereocenters. The van der Waals surface area contributed by atoms with Crippen LogP contribution in [0.1, 0.15) is 22.6 Å². The van der Waals surface area contributed by atoms with Gasteiger partial charge < -0.3 is 14.6 Å². The Kier molecular flexibility index (Phi) is 5.61. The van der Waals surface area contributed by atoms with Gasteiger partial charge in [-0.15, -0.1) is 0 Å². The Morgan fingerprint density at radius 1 is 1.19 bits per heavy atom. The number of hydrogen-bond donors (Lipinski definition) is 2. The summed E-state index contributed by atoms with van der Waals surface area (Å²) in [4.78, 5) is 4.42. The van der Waals surface area contributed by atoms with Crippen molar-refractivity contribution in [3.05, 3.63) is 82.4 Å². The highest BCUT2D eigenvalue weighted by Gasteiger charge is 2.37. The van der Waals surface area contributed by atoms with Crippen LogP contribution in [0.3, 0.4) is 0 Å². The van der Waals surface area contributed by atoms with Crippen LogP contribution in [0.25, 0.3) is 0 Å². The van der Waals surface area contributed by atoms with Gasteiger partial charge in [-0.25, -0.2) is 0 Å². The number of ether oxygens (including phenoxy) is 2. The first-order valence-electron chi connectivity index (χ1n) is 9.46. The lowest BCUT2D eigenvalue weighted by molar-refractivity contribution is 0.415. The van der Waals surface area contributed by atoms with Crippen molar-refractivity contribution in [2.24, 2.45) is 10.9 Å². The Balaban J connectivity index is 1.78. The summed E-state index contributed by atoms with van der Waals surface area (Å²) < 4.78 is 10.7. The number of rotatable bonds is 4. The van der Waals surface area contributed by atoms with Gasteiger partial charge in [0.1, 0.15) is 23.2 Å². The number of methoxy groups -OCH3 is 1. The van der Waals surface area contributed by atoms with E-state index in [4.69, 9.17) is 26.5 Å². The fourth-order valence-corrected chi connectivity index (χ4v) is 3.77. The van der Waals surface area contributed by atoms with Crippen molar-refractivity contribution in [3.63, 3.8) is 0 Å². The third-order valence-corrected chi connectivity index (χ3v) is 5.34. The van der Waals surface area contributed by atoms with Crippen molar-refractivity contribution in [2.75, 3.05) is 7.11 Å². The van der Waals surface area contributed by atoms with Crippen molar-refractivity contribution in [1.29, 1.82) is 10.7 Å². The van der Waals surface area contributed by atoms with Crippen molar-refractivity contribution in [3.8, 4) is 23.3 Å². The number of phenolic OH excluding ortho intramolecular Hbond substituents is 1. The number of phenols is 1. The van der Waals surface area contributed by atoms with E-state index in [0.29, 0.717) is 27.6 Å². The summed E-state index contributed by atoms with van der Waals surface area (Å²) in [6.07, 6.45) is 1.55. The van der Waals surface area contributed by atoms with Crippen LogP contribution in [0.4, 0.5) is 5.69 Å². The van der Waals surface area contributed by atoms with Crippen LogP contribution < -0.4 is 9.47 Å². The lowest BCUT2D eigenvalue weighted by atomic mass is 9.78. The summed E-state index contributed by atoms with van der Waals surface area (Å²) in [6.45, 7) is 0. The Bertz CT molecular complexity index is 1220. The van der Waals surface area contributed by atoms with Crippen LogP contribution in [-0.4, -0.2) is 24.3 Å². The molecule has 2 N–H and O–H groups in total. The van der Waals surface area contributed by atoms with E-state index in [9.17, 15) is 10.4 Å². The van der Waals surface area contributed by atoms with E-state index >= 15 is 0 Å². The number of benzene rings is 3. The minimum Gasteiger partial charge on any atom is -0.507 e. The maximum Gasteiger partial charge on any atom is 0.205 e. The number of aliphatic imine (C=N–C) groups is 1. The van der Waals surface area contributed by atoms with Crippen LogP contribution in [0.2, 0.25) is 5.02 Å². The summed E-state index contributed by atoms with van der Waals surface area (Å²) >= 11 is 6.18. The van der Waals surface area contributed by atoms with Gasteiger partial charge in [0.25, 0.3) is 0 Å². The van der Waals surface area contributed by atoms with E-state index in [1.54, 1.807) is 61.9 Å². The lowest BCUT2D eigenvalue weighted by Gasteiger charge is -2.30. The molecule has 1 aliphatic heterocycles. The summed E-state index contributed by atoms with van der Waals surface area (Å²) in [5.74, 6) is -0.429. The predicted molar refractivity (Wildman–Crippen MR) is 119 cm³/mol. The van der Waals surface area contributed by atoms with E-state index < -0.39 is 11.8 Å². The summed E-state index contributed by atoms with van der Waals surface area (Å²) in [6, 6.07) is 19.7. The zero-order chi connectivity index (χ0) is 22.0. The number of fused-ring (bicyclic) bond motifs is 1. The van der Waals surface area contributed by atoms with Gasteiger partial charge in [0, 0.05) is 34.3 Å². The van der Waals surface area contributed by atoms with Gasteiger partial charge in [-0.2, -0.15) is 5.26 Å². The van der Waals surface area contributed by atoms with Crippen molar-refractivity contribution >= 4 is 29.4 Å². The molecule has 0 radical (unpaired) electrons. The number of nitrogens with one attached hydrogen (secondary N) is 1. The molecule has 0 spiro atoms. The zero-order valence-corrected chi connectivity index (χ0v) is 17.3. The Hall–Kier alpha value is -3.82. The fourth-order valence-electron chi connectivity index (χ4n) is 3.57.